The number of rotatable bonds is 6. The maximum Gasteiger partial charge on any atom is 0.230 e. The third-order valence-corrected chi connectivity index (χ3v) is 9.64. The number of ether oxygens (including phenoxy) is 2. The van der Waals surface area contributed by atoms with Crippen molar-refractivity contribution < 1.29 is 9.47 Å². The Kier molecular flexibility index (Phi) is 7.96. The van der Waals surface area contributed by atoms with E-state index in [0.717, 1.165) is 44.9 Å². The Hall–Kier alpha value is -6.64. The highest BCUT2D eigenvalue weighted by Gasteiger charge is 2.20. The van der Waals surface area contributed by atoms with Crippen LogP contribution in [-0.4, -0.2) is 6.79 Å². The minimum Gasteiger partial charge on any atom is -0.457 e. The standard InChI is InChI=1S/C49H34O2/c1-5-13-34(14-6-1)40-25-41(35-15-7-2-8-16-35)28-44(27-40)38-21-23-48-46(31-38)47-32-39(22-24-49(47)51-33-50-48)45-29-42(36-17-9-3-10-18-36)26-43(30-45)37-19-11-4-12-20-37/h1-32H,33H2. The Bertz CT molecular complexity index is 2180. The summed E-state index contributed by atoms with van der Waals surface area (Å²) in [4.78, 5) is 0. The van der Waals surface area contributed by atoms with Crippen LogP contribution in [0.1, 0.15) is 0 Å². The lowest BCUT2D eigenvalue weighted by Gasteiger charge is -2.15. The van der Waals surface area contributed by atoms with Gasteiger partial charge in [-0.2, -0.15) is 0 Å². The van der Waals surface area contributed by atoms with E-state index in [1.807, 2.05) is 0 Å². The zero-order chi connectivity index (χ0) is 34.0. The van der Waals surface area contributed by atoms with Gasteiger partial charge in [0.25, 0.3) is 0 Å². The molecule has 0 spiro atoms. The van der Waals surface area contributed by atoms with E-state index in [0.29, 0.717) is 0 Å². The molecule has 2 nitrogen and oxygen atoms in total. The summed E-state index contributed by atoms with van der Waals surface area (Å²) < 4.78 is 12.4. The molecule has 1 aliphatic rings. The molecule has 0 atom stereocenters. The van der Waals surface area contributed by atoms with Gasteiger partial charge < -0.3 is 9.47 Å². The third-order valence-electron chi connectivity index (χ3n) is 9.64. The van der Waals surface area contributed by atoms with Gasteiger partial charge in [0.15, 0.2) is 0 Å². The van der Waals surface area contributed by atoms with Crippen LogP contribution in [0.25, 0.3) is 77.9 Å². The SMILES string of the molecule is c1ccc(-c2cc(-c3ccccc3)cc(-c3ccc4c(c3)-c3cc(-c5cc(-c6ccccc6)cc(-c6ccccc6)c5)ccc3OCO4)c2)cc1. The van der Waals surface area contributed by atoms with Gasteiger partial charge >= 0.3 is 0 Å². The molecule has 0 N–H and O–H groups in total. The highest BCUT2D eigenvalue weighted by atomic mass is 16.7. The summed E-state index contributed by atoms with van der Waals surface area (Å²) >= 11 is 0. The summed E-state index contributed by atoms with van der Waals surface area (Å²) in [5.74, 6) is 1.61. The maximum atomic E-state index is 6.19. The molecule has 0 bridgehead atoms. The lowest BCUT2D eigenvalue weighted by molar-refractivity contribution is 0.125. The largest absolute Gasteiger partial charge is 0.457 e. The van der Waals surface area contributed by atoms with Crippen molar-refractivity contribution in [1.29, 1.82) is 0 Å². The van der Waals surface area contributed by atoms with Crippen LogP contribution in [0.5, 0.6) is 11.5 Å². The first kappa shape index (κ1) is 30.4. The molecule has 0 aromatic heterocycles. The zero-order valence-corrected chi connectivity index (χ0v) is 28.0. The Morgan fingerprint density at radius 3 is 0.804 bits per heavy atom. The van der Waals surface area contributed by atoms with Gasteiger partial charge in [-0.05, 0) is 127 Å². The molecule has 1 heterocycles. The molecule has 8 aromatic rings. The first-order chi connectivity index (χ1) is 25.2. The number of hydrogen-bond donors (Lipinski definition) is 0. The summed E-state index contributed by atoms with van der Waals surface area (Å²) in [6.07, 6.45) is 0. The van der Waals surface area contributed by atoms with E-state index in [-0.39, 0.29) is 6.79 Å². The van der Waals surface area contributed by atoms with Crippen molar-refractivity contribution in [3.63, 3.8) is 0 Å². The first-order valence-corrected chi connectivity index (χ1v) is 17.3. The first-order valence-electron chi connectivity index (χ1n) is 17.3. The van der Waals surface area contributed by atoms with Crippen LogP contribution in [0.15, 0.2) is 194 Å². The third kappa shape index (κ3) is 6.20. The van der Waals surface area contributed by atoms with Gasteiger partial charge in [-0.15, -0.1) is 0 Å². The predicted octanol–water partition coefficient (Wildman–Crippen LogP) is 13.1. The fraction of sp³-hybridized carbons (Fsp3) is 0.0204. The number of fused-ring (bicyclic) bond motifs is 3. The normalized spacial score (nSPS) is 11.8. The number of benzene rings is 8. The molecule has 0 unspecified atom stereocenters. The fourth-order valence-electron chi connectivity index (χ4n) is 7.03. The molecule has 0 saturated heterocycles. The highest BCUT2D eigenvalue weighted by Crippen LogP contribution is 2.44. The zero-order valence-electron chi connectivity index (χ0n) is 28.0. The molecule has 0 amide bonds. The second-order valence-electron chi connectivity index (χ2n) is 12.9. The van der Waals surface area contributed by atoms with Crippen molar-refractivity contribution in [2.45, 2.75) is 0 Å². The van der Waals surface area contributed by atoms with Crippen LogP contribution in [0.2, 0.25) is 0 Å². The number of hydrogen-bond acceptors (Lipinski definition) is 2. The Morgan fingerprint density at radius 2 is 0.510 bits per heavy atom. The lowest BCUT2D eigenvalue weighted by atomic mass is 9.90. The van der Waals surface area contributed by atoms with Crippen LogP contribution in [-0.2, 0) is 0 Å². The van der Waals surface area contributed by atoms with Crippen LogP contribution in [0.3, 0.4) is 0 Å². The summed E-state index contributed by atoms with van der Waals surface area (Å²) in [5.41, 5.74) is 16.0. The van der Waals surface area contributed by atoms with Crippen molar-refractivity contribution >= 4 is 0 Å². The average molecular weight is 655 g/mol. The van der Waals surface area contributed by atoms with Gasteiger partial charge in [0, 0.05) is 11.1 Å². The molecule has 0 radical (unpaired) electrons. The molecule has 242 valence electrons. The van der Waals surface area contributed by atoms with E-state index >= 15 is 0 Å². The van der Waals surface area contributed by atoms with E-state index in [9.17, 15) is 0 Å². The lowest BCUT2D eigenvalue weighted by Crippen LogP contribution is -2.03. The molecule has 1 aliphatic heterocycles. The van der Waals surface area contributed by atoms with Gasteiger partial charge in [0.05, 0.1) is 0 Å². The van der Waals surface area contributed by atoms with Gasteiger partial charge in [0.1, 0.15) is 11.5 Å². The maximum absolute atomic E-state index is 6.19. The Labute approximate surface area is 298 Å². The minimum absolute atomic E-state index is 0.155. The van der Waals surface area contributed by atoms with Crippen molar-refractivity contribution in [1.82, 2.24) is 0 Å². The summed E-state index contributed by atoms with van der Waals surface area (Å²) in [6.45, 7) is 0.155. The van der Waals surface area contributed by atoms with Crippen LogP contribution >= 0.6 is 0 Å². The van der Waals surface area contributed by atoms with Gasteiger partial charge in [-0.1, -0.05) is 133 Å². The molecule has 0 saturated carbocycles. The van der Waals surface area contributed by atoms with Crippen molar-refractivity contribution in [2.75, 3.05) is 6.79 Å². The molecule has 9 rings (SSSR count). The second-order valence-corrected chi connectivity index (χ2v) is 12.9. The molecular formula is C49H34O2. The molecule has 0 aliphatic carbocycles. The van der Waals surface area contributed by atoms with Gasteiger partial charge in [-0.3, -0.25) is 0 Å². The average Bonchev–Trinajstić information content (AvgIpc) is 3.40. The van der Waals surface area contributed by atoms with E-state index in [1.165, 1.54) is 44.5 Å². The van der Waals surface area contributed by atoms with Crippen molar-refractivity contribution in [3.8, 4) is 89.4 Å². The van der Waals surface area contributed by atoms with Gasteiger partial charge in [0.2, 0.25) is 6.79 Å². The monoisotopic (exact) mass is 654 g/mol. The van der Waals surface area contributed by atoms with E-state index in [1.54, 1.807) is 0 Å². The van der Waals surface area contributed by atoms with Crippen molar-refractivity contribution in [2.24, 2.45) is 0 Å². The van der Waals surface area contributed by atoms with Crippen molar-refractivity contribution in [3.05, 3.63) is 194 Å². The minimum atomic E-state index is 0.155. The quantitative estimate of drug-likeness (QED) is 0.178. The van der Waals surface area contributed by atoms with E-state index in [4.69, 9.17) is 9.47 Å². The molecule has 0 fully saturated rings. The molecule has 51 heavy (non-hydrogen) atoms. The smallest absolute Gasteiger partial charge is 0.230 e. The van der Waals surface area contributed by atoms with Gasteiger partial charge in [-0.25, -0.2) is 0 Å². The summed E-state index contributed by atoms with van der Waals surface area (Å²) in [6, 6.07) is 69.0. The highest BCUT2D eigenvalue weighted by molar-refractivity contribution is 5.88. The van der Waals surface area contributed by atoms with E-state index in [2.05, 4.69) is 194 Å². The van der Waals surface area contributed by atoms with Crippen LogP contribution in [0, 0.1) is 0 Å². The fourth-order valence-corrected chi connectivity index (χ4v) is 7.03. The Morgan fingerprint density at radius 1 is 0.235 bits per heavy atom. The molecular weight excluding hydrogens is 621 g/mol. The summed E-state index contributed by atoms with van der Waals surface area (Å²) in [7, 11) is 0. The second kappa shape index (κ2) is 13.3. The van der Waals surface area contributed by atoms with E-state index < -0.39 is 0 Å². The molecule has 8 aromatic carbocycles. The van der Waals surface area contributed by atoms with Crippen LogP contribution in [0.4, 0.5) is 0 Å². The Balaban J connectivity index is 1.18. The predicted molar refractivity (Wildman–Crippen MR) is 211 cm³/mol. The molecule has 2 heteroatoms. The van der Waals surface area contributed by atoms with Crippen LogP contribution < -0.4 is 9.47 Å². The topological polar surface area (TPSA) is 18.5 Å². The summed E-state index contributed by atoms with van der Waals surface area (Å²) in [5, 5.41) is 0.